The van der Waals surface area contributed by atoms with Gasteiger partial charge < -0.3 is 16.0 Å². The molecule has 5 nitrogen and oxygen atoms in total. The summed E-state index contributed by atoms with van der Waals surface area (Å²) < 4.78 is 0. The Balaban J connectivity index is 2.45. The Morgan fingerprint density at radius 1 is 1.60 bits per heavy atom. The van der Waals surface area contributed by atoms with Gasteiger partial charge in [0, 0.05) is 10.7 Å². The van der Waals surface area contributed by atoms with Crippen LogP contribution in [0, 0.1) is 5.92 Å². The Kier molecular flexibility index (Phi) is 4.18. The van der Waals surface area contributed by atoms with Crippen molar-refractivity contribution >= 4 is 29.2 Å². The third-order valence-electron chi connectivity index (χ3n) is 3.74. The fourth-order valence-corrected chi connectivity index (χ4v) is 2.64. The molecule has 3 amide bonds. The largest absolute Gasteiger partial charge is 0.351 e. The van der Waals surface area contributed by atoms with E-state index >= 15 is 0 Å². The normalized spacial score (nSPS) is 19.9. The Bertz CT molecular complexity index is 547. The predicted octanol–water partition coefficient (Wildman–Crippen LogP) is 2.59. The first kappa shape index (κ1) is 14.7. The minimum Gasteiger partial charge on any atom is -0.351 e. The number of nitrogens with one attached hydrogen (secondary N) is 1. The summed E-state index contributed by atoms with van der Waals surface area (Å²) in [7, 11) is 0. The molecule has 6 heteroatoms. The van der Waals surface area contributed by atoms with Crippen molar-refractivity contribution in [2.45, 2.75) is 32.9 Å². The van der Waals surface area contributed by atoms with Crippen molar-refractivity contribution < 1.29 is 9.59 Å². The highest BCUT2D eigenvalue weighted by Gasteiger charge is 2.35. The maximum atomic E-state index is 12.4. The highest BCUT2D eigenvalue weighted by Crippen LogP contribution is 2.28. The van der Waals surface area contributed by atoms with E-state index in [1.165, 1.54) is 4.90 Å². The van der Waals surface area contributed by atoms with Gasteiger partial charge in [0.15, 0.2) is 0 Å². The molecular formula is C14H18ClN3O2. The Morgan fingerprint density at radius 2 is 2.30 bits per heavy atom. The van der Waals surface area contributed by atoms with Crippen molar-refractivity contribution in [3.8, 4) is 0 Å². The number of primary amides is 1. The van der Waals surface area contributed by atoms with Gasteiger partial charge >= 0.3 is 6.03 Å². The average Bonchev–Trinajstić information content (AvgIpc) is 2.53. The molecule has 2 rings (SSSR count). The molecule has 0 saturated carbocycles. The molecule has 0 aliphatic carbocycles. The zero-order chi connectivity index (χ0) is 14.9. The lowest BCUT2D eigenvalue weighted by Gasteiger charge is -2.30. The van der Waals surface area contributed by atoms with Gasteiger partial charge in [-0.3, -0.25) is 4.79 Å². The first-order chi connectivity index (χ1) is 9.43. The highest BCUT2D eigenvalue weighted by molar-refractivity contribution is 6.30. The summed E-state index contributed by atoms with van der Waals surface area (Å²) in [4.78, 5) is 25.5. The number of fused-ring (bicyclic) bond motifs is 1. The minimum absolute atomic E-state index is 0.0206. The van der Waals surface area contributed by atoms with E-state index in [9.17, 15) is 9.59 Å². The van der Waals surface area contributed by atoms with E-state index in [1.807, 2.05) is 13.8 Å². The third kappa shape index (κ3) is 2.72. The molecular weight excluding hydrogens is 278 g/mol. The smallest absolute Gasteiger partial charge is 0.315 e. The molecule has 1 aliphatic heterocycles. The number of nitrogens with two attached hydrogens (primary N) is 1. The number of halogens is 1. The van der Waals surface area contributed by atoms with E-state index in [2.05, 4.69) is 5.32 Å². The van der Waals surface area contributed by atoms with Crippen molar-refractivity contribution in [3.63, 3.8) is 0 Å². The lowest BCUT2D eigenvalue weighted by molar-refractivity contribution is -0.121. The lowest BCUT2D eigenvalue weighted by Crippen LogP contribution is -2.50. The van der Waals surface area contributed by atoms with Gasteiger partial charge in [0.05, 0.1) is 6.54 Å². The number of hydrogen-bond acceptors (Lipinski definition) is 2. The number of rotatable bonds is 2. The van der Waals surface area contributed by atoms with Crippen molar-refractivity contribution in [2.24, 2.45) is 11.7 Å². The van der Waals surface area contributed by atoms with Crippen LogP contribution in [0.5, 0.6) is 0 Å². The SMILES string of the molecule is CC[C@H](C)[C@H]1C(=O)Nc2ccc(Cl)cc2CN1C(N)=O. The lowest BCUT2D eigenvalue weighted by atomic mass is 9.97. The molecule has 2 atom stereocenters. The summed E-state index contributed by atoms with van der Waals surface area (Å²) in [5.41, 5.74) is 6.92. The van der Waals surface area contributed by atoms with Gasteiger partial charge in [-0.15, -0.1) is 0 Å². The molecule has 1 aromatic rings. The summed E-state index contributed by atoms with van der Waals surface area (Å²) >= 11 is 5.97. The standard InChI is InChI=1S/C14H18ClN3O2/c1-3-8(2)12-13(19)17-11-5-4-10(15)6-9(11)7-18(12)14(16)20/h4-6,8,12H,3,7H2,1-2H3,(H2,16,20)(H,17,19)/t8-,12-/m0/s1. The number of nitrogens with zero attached hydrogens (tertiary/aromatic N) is 1. The molecule has 0 aromatic heterocycles. The van der Waals surface area contributed by atoms with Crippen LogP contribution in [0.25, 0.3) is 0 Å². The fourth-order valence-electron chi connectivity index (χ4n) is 2.45. The molecule has 0 radical (unpaired) electrons. The van der Waals surface area contributed by atoms with Crippen molar-refractivity contribution in [3.05, 3.63) is 28.8 Å². The topological polar surface area (TPSA) is 75.4 Å². The number of urea groups is 1. The van der Waals surface area contributed by atoms with E-state index in [1.54, 1.807) is 18.2 Å². The number of hydrogen-bond donors (Lipinski definition) is 2. The molecule has 1 aromatic carbocycles. The zero-order valence-electron chi connectivity index (χ0n) is 11.5. The Labute approximate surface area is 123 Å². The second kappa shape index (κ2) is 5.71. The minimum atomic E-state index is -0.599. The van der Waals surface area contributed by atoms with Crippen LogP contribution < -0.4 is 11.1 Å². The molecule has 20 heavy (non-hydrogen) atoms. The second-order valence-corrected chi connectivity index (χ2v) is 5.52. The van der Waals surface area contributed by atoms with Gasteiger partial charge in [-0.25, -0.2) is 4.79 Å². The molecule has 1 aliphatic rings. The molecule has 0 fully saturated rings. The summed E-state index contributed by atoms with van der Waals surface area (Å²) in [6.45, 7) is 4.19. The first-order valence-electron chi connectivity index (χ1n) is 6.59. The van der Waals surface area contributed by atoms with Crippen LogP contribution in [-0.2, 0) is 11.3 Å². The molecule has 0 saturated heterocycles. The zero-order valence-corrected chi connectivity index (χ0v) is 12.3. The number of amides is 3. The van der Waals surface area contributed by atoms with Crippen molar-refractivity contribution in [1.82, 2.24) is 4.90 Å². The summed E-state index contributed by atoms with van der Waals surface area (Å²) in [6, 6.07) is 4.03. The van der Waals surface area contributed by atoms with Gasteiger partial charge in [-0.05, 0) is 29.7 Å². The monoisotopic (exact) mass is 295 g/mol. The van der Waals surface area contributed by atoms with Crippen molar-refractivity contribution in [1.29, 1.82) is 0 Å². The van der Waals surface area contributed by atoms with Crippen molar-refractivity contribution in [2.75, 3.05) is 5.32 Å². The van der Waals surface area contributed by atoms with Crippen LogP contribution in [-0.4, -0.2) is 22.9 Å². The molecule has 1 heterocycles. The average molecular weight is 296 g/mol. The number of benzene rings is 1. The van der Waals surface area contributed by atoms with Gasteiger partial charge in [0.2, 0.25) is 5.91 Å². The number of carbonyl (C=O) groups is 2. The van der Waals surface area contributed by atoms with E-state index < -0.39 is 12.1 Å². The predicted molar refractivity (Wildman–Crippen MR) is 78.5 cm³/mol. The molecule has 0 bridgehead atoms. The summed E-state index contributed by atoms with van der Waals surface area (Å²) in [6.07, 6.45) is 0.777. The van der Waals surface area contributed by atoms with E-state index in [0.29, 0.717) is 10.7 Å². The molecule has 108 valence electrons. The van der Waals surface area contributed by atoms with Gasteiger partial charge in [0.1, 0.15) is 6.04 Å². The van der Waals surface area contributed by atoms with E-state index in [-0.39, 0.29) is 18.4 Å². The Hall–Kier alpha value is -1.75. The maximum Gasteiger partial charge on any atom is 0.315 e. The quantitative estimate of drug-likeness (QED) is 0.880. The number of carbonyl (C=O) groups excluding carboxylic acids is 2. The van der Waals surface area contributed by atoms with Gasteiger partial charge in [0.25, 0.3) is 0 Å². The van der Waals surface area contributed by atoms with E-state index in [0.717, 1.165) is 12.0 Å². The van der Waals surface area contributed by atoms with Crippen LogP contribution in [0.2, 0.25) is 5.02 Å². The fraction of sp³-hybridized carbons (Fsp3) is 0.429. The molecule has 3 N–H and O–H groups in total. The molecule has 0 spiro atoms. The second-order valence-electron chi connectivity index (χ2n) is 5.09. The maximum absolute atomic E-state index is 12.4. The first-order valence-corrected chi connectivity index (χ1v) is 6.97. The number of anilines is 1. The van der Waals surface area contributed by atoms with Gasteiger partial charge in [-0.2, -0.15) is 0 Å². The summed E-state index contributed by atoms with van der Waals surface area (Å²) in [5, 5.41) is 3.41. The highest BCUT2D eigenvalue weighted by atomic mass is 35.5. The summed E-state index contributed by atoms with van der Waals surface area (Å²) in [5.74, 6) is -0.188. The Morgan fingerprint density at radius 3 is 2.90 bits per heavy atom. The van der Waals surface area contributed by atoms with Crippen LogP contribution in [0.1, 0.15) is 25.8 Å². The molecule has 0 unspecified atom stereocenters. The third-order valence-corrected chi connectivity index (χ3v) is 3.97. The van der Waals surface area contributed by atoms with Crippen LogP contribution in [0.3, 0.4) is 0 Å². The van der Waals surface area contributed by atoms with Crippen LogP contribution in [0.4, 0.5) is 10.5 Å². The van der Waals surface area contributed by atoms with Gasteiger partial charge in [-0.1, -0.05) is 31.9 Å². The van der Waals surface area contributed by atoms with Crippen LogP contribution in [0.15, 0.2) is 18.2 Å². The van der Waals surface area contributed by atoms with E-state index in [4.69, 9.17) is 17.3 Å². The van der Waals surface area contributed by atoms with Crippen LogP contribution >= 0.6 is 11.6 Å².